The highest BCUT2D eigenvalue weighted by atomic mass is 32.1. The van der Waals surface area contributed by atoms with Crippen molar-refractivity contribution in [3.63, 3.8) is 0 Å². The van der Waals surface area contributed by atoms with Crippen molar-refractivity contribution in [2.45, 2.75) is 18.4 Å². The first-order valence-electron chi connectivity index (χ1n) is 5.77. The molecule has 3 nitrogen and oxygen atoms in total. The standard InChI is InChI=1S/C13H10F2N2OS/c14-8-1-2-9(10(15)5-8)13(3-4-13)17-12(18)11-6-19-7-16-11/h1-2,5-7H,3-4H2,(H,17,18). The highest BCUT2D eigenvalue weighted by molar-refractivity contribution is 7.07. The fourth-order valence-electron chi connectivity index (χ4n) is 2.07. The Bertz CT molecular complexity index is 624. The zero-order chi connectivity index (χ0) is 13.5. The Morgan fingerprint density at radius 3 is 2.74 bits per heavy atom. The molecule has 1 aromatic heterocycles. The Morgan fingerprint density at radius 2 is 2.16 bits per heavy atom. The van der Waals surface area contributed by atoms with Crippen LogP contribution in [-0.4, -0.2) is 10.9 Å². The maximum atomic E-state index is 13.8. The molecule has 0 aliphatic heterocycles. The van der Waals surface area contributed by atoms with Crippen molar-refractivity contribution in [1.82, 2.24) is 10.3 Å². The van der Waals surface area contributed by atoms with Crippen molar-refractivity contribution >= 4 is 17.2 Å². The van der Waals surface area contributed by atoms with E-state index in [1.807, 2.05) is 0 Å². The van der Waals surface area contributed by atoms with Gasteiger partial charge in [-0.2, -0.15) is 0 Å². The van der Waals surface area contributed by atoms with Crippen molar-refractivity contribution in [1.29, 1.82) is 0 Å². The first-order valence-corrected chi connectivity index (χ1v) is 6.71. The number of hydrogen-bond donors (Lipinski definition) is 1. The van der Waals surface area contributed by atoms with Crippen LogP contribution in [0.5, 0.6) is 0 Å². The Morgan fingerprint density at radius 1 is 1.37 bits per heavy atom. The van der Waals surface area contributed by atoms with Crippen LogP contribution in [0.1, 0.15) is 28.9 Å². The van der Waals surface area contributed by atoms with Gasteiger partial charge < -0.3 is 5.32 Å². The second-order valence-electron chi connectivity index (χ2n) is 4.53. The number of nitrogens with zero attached hydrogens (tertiary/aromatic N) is 1. The van der Waals surface area contributed by atoms with Crippen molar-refractivity contribution in [3.05, 3.63) is 52.0 Å². The second kappa shape index (κ2) is 4.38. The topological polar surface area (TPSA) is 42.0 Å². The third-order valence-electron chi connectivity index (χ3n) is 3.21. The summed E-state index contributed by atoms with van der Waals surface area (Å²) in [6.45, 7) is 0. The number of carbonyl (C=O) groups excluding carboxylic acids is 1. The van der Waals surface area contributed by atoms with Crippen LogP contribution in [0.3, 0.4) is 0 Å². The number of carbonyl (C=O) groups is 1. The molecule has 98 valence electrons. The van der Waals surface area contributed by atoms with Gasteiger partial charge in [0.15, 0.2) is 0 Å². The average Bonchev–Trinajstić information content (AvgIpc) is 2.93. The molecule has 0 unspecified atom stereocenters. The maximum Gasteiger partial charge on any atom is 0.271 e. The van der Waals surface area contributed by atoms with Crippen LogP contribution < -0.4 is 5.32 Å². The summed E-state index contributed by atoms with van der Waals surface area (Å²) in [5, 5.41) is 4.42. The first kappa shape index (κ1) is 12.2. The number of hydrogen-bond acceptors (Lipinski definition) is 3. The lowest BCUT2D eigenvalue weighted by atomic mass is 10.0. The van der Waals surface area contributed by atoms with Gasteiger partial charge in [-0.1, -0.05) is 6.07 Å². The molecule has 2 aromatic rings. The maximum absolute atomic E-state index is 13.8. The van der Waals surface area contributed by atoms with E-state index < -0.39 is 17.2 Å². The number of benzene rings is 1. The first-order chi connectivity index (χ1) is 9.11. The van der Waals surface area contributed by atoms with Crippen LogP contribution in [0.4, 0.5) is 8.78 Å². The highest BCUT2D eigenvalue weighted by Gasteiger charge is 2.47. The van der Waals surface area contributed by atoms with E-state index in [4.69, 9.17) is 0 Å². The summed E-state index contributed by atoms with van der Waals surface area (Å²) in [6.07, 6.45) is 1.29. The van der Waals surface area contributed by atoms with Crippen molar-refractivity contribution in [2.75, 3.05) is 0 Å². The Hall–Kier alpha value is -1.82. The van der Waals surface area contributed by atoms with Gasteiger partial charge >= 0.3 is 0 Å². The van der Waals surface area contributed by atoms with Gasteiger partial charge in [-0.15, -0.1) is 11.3 Å². The second-order valence-corrected chi connectivity index (χ2v) is 5.25. The van der Waals surface area contributed by atoms with Crippen LogP contribution in [0.25, 0.3) is 0 Å². The Labute approximate surface area is 112 Å². The van der Waals surface area contributed by atoms with Gasteiger partial charge in [-0.05, 0) is 18.9 Å². The van der Waals surface area contributed by atoms with Gasteiger partial charge in [0.05, 0.1) is 11.0 Å². The predicted molar refractivity (Wildman–Crippen MR) is 66.9 cm³/mol. The third-order valence-corrected chi connectivity index (χ3v) is 3.80. The minimum atomic E-state index is -0.710. The van der Waals surface area contributed by atoms with Gasteiger partial charge in [0, 0.05) is 17.0 Å². The van der Waals surface area contributed by atoms with Crippen molar-refractivity contribution in [2.24, 2.45) is 0 Å². The van der Waals surface area contributed by atoms with E-state index >= 15 is 0 Å². The van der Waals surface area contributed by atoms with Crippen LogP contribution in [0.2, 0.25) is 0 Å². The fraction of sp³-hybridized carbons (Fsp3) is 0.231. The smallest absolute Gasteiger partial charge is 0.271 e. The van der Waals surface area contributed by atoms with E-state index in [9.17, 15) is 13.6 Å². The molecule has 0 bridgehead atoms. The van der Waals surface area contributed by atoms with Crippen LogP contribution in [0.15, 0.2) is 29.1 Å². The number of rotatable bonds is 3. The van der Waals surface area contributed by atoms with E-state index in [0.29, 0.717) is 24.1 Å². The number of nitrogens with one attached hydrogen (secondary N) is 1. The van der Waals surface area contributed by atoms with Crippen molar-refractivity contribution < 1.29 is 13.6 Å². The van der Waals surface area contributed by atoms with Gasteiger partial charge in [0.25, 0.3) is 5.91 Å². The van der Waals surface area contributed by atoms with Gasteiger partial charge in [0.1, 0.15) is 17.3 Å². The molecule has 1 amide bonds. The zero-order valence-corrected chi connectivity index (χ0v) is 10.6. The van der Waals surface area contributed by atoms with E-state index in [0.717, 1.165) is 6.07 Å². The van der Waals surface area contributed by atoms with E-state index in [1.54, 1.807) is 10.9 Å². The fourth-order valence-corrected chi connectivity index (χ4v) is 2.60. The molecular weight excluding hydrogens is 270 g/mol. The number of amides is 1. The lowest BCUT2D eigenvalue weighted by molar-refractivity contribution is 0.0925. The summed E-state index contributed by atoms with van der Waals surface area (Å²) in [6, 6.07) is 3.43. The molecule has 1 aromatic carbocycles. The number of aromatic nitrogens is 1. The normalized spacial score (nSPS) is 16.1. The molecule has 1 aliphatic carbocycles. The predicted octanol–water partition coefficient (Wildman–Crippen LogP) is 2.84. The van der Waals surface area contributed by atoms with E-state index in [-0.39, 0.29) is 5.91 Å². The third kappa shape index (κ3) is 2.23. The van der Waals surface area contributed by atoms with Crippen LogP contribution >= 0.6 is 11.3 Å². The molecule has 1 heterocycles. The van der Waals surface area contributed by atoms with Gasteiger partial charge in [-0.3, -0.25) is 4.79 Å². The Balaban J connectivity index is 1.86. The molecule has 1 fully saturated rings. The quantitative estimate of drug-likeness (QED) is 0.939. The number of thiazole rings is 1. The molecule has 1 aliphatic rings. The Kier molecular flexibility index (Phi) is 2.82. The van der Waals surface area contributed by atoms with Gasteiger partial charge in [0.2, 0.25) is 0 Å². The summed E-state index contributed by atoms with van der Waals surface area (Å²) in [5.74, 6) is -1.58. The molecule has 0 atom stereocenters. The lowest BCUT2D eigenvalue weighted by Crippen LogP contribution is -2.35. The number of halogens is 2. The van der Waals surface area contributed by atoms with E-state index in [2.05, 4.69) is 10.3 Å². The summed E-state index contributed by atoms with van der Waals surface area (Å²) in [4.78, 5) is 15.9. The zero-order valence-electron chi connectivity index (χ0n) is 9.82. The van der Waals surface area contributed by atoms with E-state index in [1.165, 1.54) is 23.5 Å². The molecule has 0 saturated heterocycles. The largest absolute Gasteiger partial charge is 0.341 e. The monoisotopic (exact) mass is 280 g/mol. The summed E-state index contributed by atoms with van der Waals surface area (Å²) < 4.78 is 26.7. The minimum Gasteiger partial charge on any atom is -0.341 e. The van der Waals surface area contributed by atoms with Crippen molar-refractivity contribution in [3.8, 4) is 0 Å². The van der Waals surface area contributed by atoms with Crippen LogP contribution in [-0.2, 0) is 5.54 Å². The molecule has 0 radical (unpaired) electrons. The summed E-state index contributed by atoms with van der Waals surface area (Å²) in [5.41, 5.74) is 1.50. The lowest BCUT2D eigenvalue weighted by Gasteiger charge is -2.18. The van der Waals surface area contributed by atoms with Gasteiger partial charge in [-0.25, -0.2) is 13.8 Å². The minimum absolute atomic E-state index is 0.318. The molecule has 1 N–H and O–H groups in total. The molecule has 19 heavy (non-hydrogen) atoms. The summed E-state index contributed by atoms with van der Waals surface area (Å²) in [7, 11) is 0. The van der Waals surface area contributed by atoms with Crippen LogP contribution in [0, 0.1) is 11.6 Å². The highest BCUT2D eigenvalue weighted by Crippen LogP contribution is 2.46. The molecule has 3 rings (SSSR count). The molecular formula is C13H10F2N2OS. The SMILES string of the molecule is O=C(NC1(c2ccc(F)cc2F)CC1)c1cscn1. The molecule has 0 spiro atoms. The molecule has 1 saturated carbocycles. The summed E-state index contributed by atoms with van der Waals surface area (Å²) >= 11 is 1.32. The average molecular weight is 280 g/mol. The molecule has 6 heteroatoms.